The standard InChI is InChI=1S/C15H13BrN2O/c1-2-19-14-5-3-4-13(9-14)18-15-8-12(16)7-6-11(15)10-17/h3-9,18H,2H2,1H3. The summed E-state index contributed by atoms with van der Waals surface area (Å²) in [6, 6.07) is 15.3. The van der Waals surface area contributed by atoms with Crippen LogP contribution in [0, 0.1) is 11.3 Å². The maximum Gasteiger partial charge on any atom is 0.121 e. The molecule has 2 aromatic rings. The number of rotatable bonds is 4. The molecule has 2 rings (SSSR count). The topological polar surface area (TPSA) is 45.0 Å². The Morgan fingerprint density at radius 3 is 2.84 bits per heavy atom. The first-order valence-electron chi connectivity index (χ1n) is 5.92. The van der Waals surface area contributed by atoms with Gasteiger partial charge >= 0.3 is 0 Å². The fourth-order valence-electron chi connectivity index (χ4n) is 1.70. The van der Waals surface area contributed by atoms with Crippen LogP contribution < -0.4 is 10.1 Å². The average molecular weight is 317 g/mol. The summed E-state index contributed by atoms with van der Waals surface area (Å²) in [5.41, 5.74) is 2.26. The van der Waals surface area contributed by atoms with E-state index >= 15 is 0 Å². The molecule has 0 radical (unpaired) electrons. The summed E-state index contributed by atoms with van der Waals surface area (Å²) < 4.78 is 6.38. The van der Waals surface area contributed by atoms with Gasteiger partial charge in [0.05, 0.1) is 17.9 Å². The highest BCUT2D eigenvalue weighted by Gasteiger charge is 2.04. The third-order valence-corrected chi connectivity index (χ3v) is 3.02. The van der Waals surface area contributed by atoms with Crippen LogP contribution in [-0.2, 0) is 0 Å². The molecule has 96 valence electrons. The molecule has 3 nitrogen and oxygen atoms in total. The van der Waals surface area contributed by atoms with Crippen LogP contribution in [0.1, 0.15) is 12.5 Å². The predicted octanol–water partition coefficient (Wildman–Crippen LogP) is 4.46. The summed E-state index contributed by atoms with van der Waals surface area (Å²) in [6.07, 6.45) is 0. The SMILES string of the molecule is CCOc1cccc(Nc2cc(Br)ccc2C#N)c1. The van der Waals surface area contributed by atoms with Gasteiger partial charge in [-0.1, -0.05) is 22.0 Å². The summed E-state index contributed by atoms with van der Waals surface area (Å²) in [5.74, 6) is 0.806. The van der Waals surface area contributed by atoms with Crippen LogP contribution in [0.5, 0.6) is 5.75 Å². The highest BCUT2D eigenvalue weighted by atomic mass is 79.9. The first-order chi connectivity index (χ1) is 9.22. The van der Waals surface area contributed by atoms with Crippen molar-refractivity contribution in [2.45, 2.75) is 6.92 Å². The van der Waals surface area contributed by atoms with Gasteiger partial charge in [0.1, 0.15) is 11.8 Å². The minimum absolute atomic E-state index is 0.602. The molecule has 19 heavy (non-hydrogen) atoms. The molecule has 0 aromatic heterocycles. The molecule has 0 spiro atoms. The quantitative estimate of drug-likeness (QED) is 0.905. The zero-order valence-electron chi connectivity index (χ0n) is 10.5. The van der Waals surface area contributed by atoms with Crippen molar-refractivity contribution >= 4 is 27.3 Å². The molecular weight excluding hydrogens is 304 g/mol. The van der Waals surface area contributed by atoms with Gasteiger partial charge in [-0.25, -0.2) is 0 Å². The fourth-order valence-corrected chi connectivity index (χ4v) is 2.06. The van der Waals surface area contributed by atoms with E-state index in [1.807, 2.05) is 43.3 Å². The van der Waals surface area contributed by atoms with Crippen molar-refractivity contribution in [1.29, 1.82) is 5.26 Å². The number of nitrogens with one attached hydrogen (secondary N) is 1. The zero-order valence-corrected chi connectivity index (χ0v) is 12.1. The van der Waals surface area contributed by atoms with E-state index < -0.39 is 0 Å². The van der Waals surface area contributed by atoms with Gasteiger partial charge in [0.15, 0.2) is 0 Å². The molecular formula is C15H13BrN2O. The van der Waals surface area contributed by atoms with E-state index in [9.17, 15) is 0 Å². The van der Waals surface area contributed by atoms with Gasteiger partial charge in [-0.2, -0.15) is 5.26 Å². The third-order valence-electron chi connectivity index (χ3n) is 2.53. The second kappa shape index (κ2) is 6.26. The highest BCUT2D eigenvalue weighted by molar-refractivity contribution is 9.10. The summed E-state index contributed by atoms with van der Waals surface area (Å²) in [4.78, 5) is 0. The van der Waals surface area contributed by atoms with Crippen molar-refractivity contribution in [3.05, 3.63) is 52.5 Å². The molecule has 0 amide bonds. The van der Waals surface area contributed by atoms with Crippen molar-refractivity contribution in [3.63, 3.8) is 0 Å². The molecule has 0 fully saturated rings. The number of halogens is 1. The van der Waals surface area contributed by atoms with Gasteiger partial charge in [-0.3, -0.25) is 0 Å². The van der Waals surface area contributed by atoms with Crippen LogP contribution in [0.4, 0.5) is 11.4 Å². The number of benzene rings is 2. The predicted molar refractivity (Wildman–Crippen MR) is 79.8 cm³/mol. The Morgan fingerprint density at radius 1 is 1.26 bits per heavy atom. The number of hydrogen-bond acceptors (Lipinski definition) is 3. The van der Waals surface area contributed by atoms with E-state index in [4.69, 9.17) is 10.00 Å². The highest BCUT2D eigenvalue weighted by Crippen LogP contribution is 2.26. The van der Waals surface area contributed by atoms with E-state index in [-0.39, 0.29) is 0 Å². The Kier molecular flexibility index (Phi) is 4.43. The summed E-state index contributed by atoms with van der Waals surface area (Å²) in [5, 5.41) is 12.3. The molecule has 0 aliphatic heterocycles. The van der Waals surface area contributed by atoms with Crippen LogP contribution in [0.3, 0.4) is 0 Å². The molecule has 0 saturated carbocycles. The zero-order chi connectivity index (χ0) is 13.7. The molecule has 0 aliphatic carbocycles. The van der Waals surface area contributed by atoms with E-state index in [0.29, 0.717) is 12.2 Å². The monoisotopic (exact) mass is 316 g/mol. The Labute approximate surface area is 121 Å². The largest absolute Gasteiger partial charge is 0.494 e. The lowest BCUT2D eigenvalue weighted by Gasteiger charge is -2.10. The number of nitriles is 1. The van der Waals surface area contributed by atoms with Gasteiger partial charge in [-0.15, -0.1) is 0 Å². The average Bonchev–Trinajstić information content (AvgIpc) is 2.40. The van der Waals surface area contributed by atoms with Crippen molar-refractivity contribution in [3.8, 4) is 11.8 Å². The molecule has 0 unspecified atom stereocenters. The lowest BCUT2D eigenvalue weighted by molar-refractivity contribution is 0.340. The number of ether oxygens (including phenoxy) is 1. The Morgan fingerprint density at radius 2 is 2.11 bits per heavy atom. The third kappa shape index (κ3) is 3.49. The van der Waals surface area contributed by atoms with Crippen molar-refractivity contribution in [1.82, 2.24) is 0 Å². The summed E-state index contributed by atoms with van der Waals surface area (Å²) in [7, 11) is 0. The number of hydrogen-bond donors (Lipinski definition) is 1. The minimum Gasteiger partial charge on any atom is -0.494 e. The van der Waals surface area contributed by atoms with E-state index in [2.05, 4.69) is 27.3 Å². The number of nitrogens with zero attached hydrogens (tertiary/aromatic N) is 1. The van der Waals surface area contributed by atoms with Crippen LogP contribution in [-0.4, -0.2) is 6.61 Å². The molecule has 0 bridgehead atoms. The summed E-state index contributed by atoms with van der Waals surface area (Å²) >= 11 is 3.40. The Hall–Kier alpha value is -1.99. The maximum absolute atomic E-state index is 9.10. The normalized spacial score (nSPS) is 9.74. The smallest absolute Gasteiger partial charge is 0.121 e. The number of anilines is 2. The van der Waals surface area contributed by atoms with E-state index in [0.717, 1.165) is 21.6 Å². The van der Waals surface area contributed by atoms with Gasteiger partial charge in [-0.05, 0) is 37.3 Å². The van der Waals surface area contributed by atoms with Gasteiger partial charge in [0.25, 0.3) is 0 Å². The first kappa shape index (κ1) is 13.4. The Bertz CT molecular complexity index is 620. The van der Waals surface area contributed by atoms with E-state index in [1.54, 1.807) is 6.07 Å². The molecule has 2 aromatic carbocycles. The van der Waals surface area contributed by atoms with Crippen LogP contribution in [0.2, 0.25) is 0 Å². The van der Waals surface area contributed by atoms with Crippen LogP contribution >= 0.6 is 15.9 Å². The lowest BCUT2D eigenvalue weighted by atomic mass is 10.2. The molecule has 1 N–H and O–H groups in total. The van der Waals surface area contributed by atoms with Gasteiger partial charge in [0.2, 0.25) is 0 Å². The van der Waals surface area contributed by atoms with Gasteiger partial charge < -0.3 is 10.1 Å². The van der Waals surface area contributed by atoms with Crippen molar-refractivity contribution in [2.24, 2.45) is 0 Å². The Balaban J connectivity index is 2.28. The van der Waals surface area contributed by atoms with Crippen LogP contribution in [0.25, 0.3) is 0 Å². The fraction of sp³-hybridized carbons (Fsp3) is 0.133. The van der Waals surface area contributed by atoms with Crippen LogP contribution in [0.15, 0.2) is 46.9 Å². The van der Waals surface area contributed by atoms with E-state index in [1.165, 1.54) is 0 Å². The van der Waals surface area contributed by atoms with Crippen molar-refractivity contribution < 1.29 is 4.74 Å². The second-order valence-electron chi connectivity index (χ2n) is 3.89. The van der Waals surface area contributed by atoms with Crippen molar-refractivity contribution in [2.75, 3.05) is 11.9 Å². The molecule has 4 heteroatoms. The first-order valence-corrected chi connectivity index (χ1v) is 6.71. The second-order valence-corrected chi connectivity index (χ2v) is 4.80. The molecule has 0 saturated heterocycles. The molecule has 0 aliphatic rings. The minimum atomic E-state index is 0.602. The summed E-state index contributed by atoms with van der Waals surface area (Å²) in [6.45, 7) is 2.58. The lowest BCUT2D eigenvalue weighted by Crippen LogP contribution is -1.95. The van der Waals surface area contributed by atoms with Gasteiger partial charge in [0, 0.05) is 16.2 Å². The molecule has 0 heterocycles. The molecule has 0 atom stereocenters. The maximum atomic E-state index is 9.10.